The molecule has 1 fully saturated rings. The van der Waals surface area contributed by atoms with Gasteiger partial charge in [-0.25, -0.2) is 14.8 Å². The smallest absolute Gasteiger partial charge is 0.395 e. The summed E-state index contributed by atoms with van der Waals surface area (Å²) in [5.41, 5.74) is -0.0473. The van der Waals surface area contributed by atoms with Gasteiger partial charge in [0.1, 0.15) is 16.4 Å². The van der Waals surface area contributed by atoms with Gasteiger partial charge in [-0.3, -0.25) is 19.8 Å². The molecular formula is C32H37F3N8O4S. The minimum atomic E-state index is -4.66. The Morgan fingerprint density at radius 2 is 1.83 bits per heavy atom. The summed E-state index contributed by atoms with van der Waals surface area (Å²) in [6, 6.07) is 5.78. The molecule has 0 saturated carbocycles. The number of anilines is 1. The van der Waals surface area contributed by atoms with Crippen LogP contribution in [0, 0.1) is 0 Å². The average molecular weight is 687 g/mol. The van der Waals surface area contributed by atoms with Crippen LogP contribution in [0.5, 0.6) is 0 Å². The number of carbonyl (C=O) groups excluding carboxylic acids is 2. The number of aromatic nitrogens is 3. The lowest BCUT2D eigenvalue weighted by atomic mass is 9.99. The number of likely N-dealkylation sites (N-methyl/N-ethyl adjacent to an activating group) is 1. The van der Waals surface area contributed by atoms with Crippen LogP contribution in [0.15, 0.2) is 46.8 Å². The first-order chi connectivity index (χ1) is 22.8. The van der Waals surface area contributed by atoms with E-state index in [1.807, 2.05) is 4.57 Å². The summed E-state index contributed by atoms with van der Waals surface area (Å²) in [5, 5.41) is 18.2. The van der Waals surface area contributed by atoms with E-state index in [9.17, 15) is 32.7 Å². The third kappa shape index (κ3) is 8.18. The SMILES string of the molecule is CC(C)NC(=O)Nc1cc(-c2nc(C(F)(F)F)cs2)c(-c2ccc3c(c2)c(=O)c(C(=O)NCCO)cn3CCN2CCN(C)CC2)cn1. The van der Waals surface area contributed by atoms with Gasteiger partial charge in [0, 0.05) is 86.1 Å². The molecule has 12 nitrogen and oxygen atoms in total. The number of nitrogens with one attached hydrogen (secondary N) is 3. The molecule has 1 aromatic carbocycles. The number of rotatable bonds is 10. The van der Waals surface area contributed by atoms with Gasteiger partial charge in [-0.05, 0) is 44.7 Å². The number of aliphatic hydroxyl groups is 1. The quantitative estimate of drug-likeness (QED) is 0.198. The average Bonchev–Trinajstić information content (AvgIpc) is 3.55. The summed E-state index contributed by atoms with van der Waals surface area (Å²) in [7, 11) is 2.07. The molecule has 1 aliphatic heterocycles. The Bertz CT molecular complexity index is 1850. The van der Waals surface area contributed by atoms with Crippen molar-refractivity contribution in [2.45, 2.75) is 32.6 Å². The monoisotopic (exact) mass is 686 g/mol. The van der Waals surface area contributed by atoms with Crippen LogP contribution >= 0.6 is 11.3 Å². The zero-order valence-corrected chi connectivity index (χ0v) is 27.5. The lowest BCUT2D eigenvalue weighted by Crippen LogP contribution is -2.45. The third-order valence-corrected chi connectivity index (χ3v) is 8.75. The molecule has 1 aliphatic rings. The first-order valence-electron chi connectivity index (χ1n) is 15.4. The molecule has 3 aromatic heterocycles. The Labute approximate surface area is 278 Å². The van der Waals surface area contributed by atoms with Crippen molar-refractivity contribution >= 4 is 40.0 Å². The molecule has 4 N–H and O–H groups in total. The highest BCUT2D eigenvalue weighted by Crippen LogP contribution is 2.39. The van der Waals surface area contributed by atoms with Gasteiger partial charge in [-0.2, -0.15) is 13.2 Å². The van der Waals surface area contributed by atoms with E-state index >= 15 is 0 Å². The zero-order chi connectivity index (χ0) is 34.6. The van der Waals surface area contributed by atoms with Crippen molar-refractivity contribution in [1.29, 1.82) is 0 Å². The molecule has 48 heavy (non-hydrogen) atoms. The van der Waals surface area contributed by atoms with Gasteiger partial charge in [0.2, 0.25) is 5.43 Å². The van der Waals surface area contributed by atoms with Gasteiger partial charge in [-0.1, -0.05) is 6.07 Å². The van der Waals surface area contributed by atoms with E-state index in [4.69, 9.17) is 0 Å². The maximum absolute atomic E-state index is 13.8. The number of fused-ring (bicyclic) bond motifs is 1. The van der Waals surface area contributed by atoms with Crippen LogP contribution in [0.25, 0.3) is 32.6 Å². The van der Waals surface area contributed by atoms with Crippen molar-refractivity contribution in [3.05, 3.63) is 63.5 Å². The van der Waals surface area contributed by atoms with Crippen molar-refractivity contribution < 1.29 is 27.9 Å². The number of piperazine rings is 1. The van der Waals surface area contributed by atoms with E-state index in [0.29, 0.717) is 29.7 Å². The number of urea groups is 1. The molecule has 256 valence electrons. The fraction of sp³-hybridized carbons (Fsp3) is 0.406. The number of alkyl halides is 3. The van der Waals surface area contributed by atoms with Gasteiger partial charge in [0.25, 0.3) is 5.91 Å². The first-order valence-corrected chi connectivity index (χ1v) is 16.3. The number of carbonyl (C=O) groups is 2. The van der Waals surface area contributed by atoms with E-state index in [0.717, 1.165) is 42.9 Å². The predicted octanol–water partition coefficient (Wildman–Crippen LogP) is 3.71. The van der Waals surface area contributed by atoms with Gasteiger partial charge in [0.05, 0.1) is 12.1 Å². The molecule has 0 spiro atoms. The number of thiazole rings is 1. The minimum Gasteiger partial charge on any atom is -0.395 e. The second-order valence-corrected chi connectivity index (χ2v) is 12.7. The predicted molar refractivity (Wildman–Crippen MR) is 178 cm³/mol. The normalized spacial score (nSPS) is 14.4. The Kier molecular flexibility index (Phi) is 10.8. The summed E-state index contributed by atoms with van der Waals surface area (Å²) < 4.78 is 42.4. The Morgan fingerprint density at radius 3 is 2.50 bits per heavy atom. The topological polar surface area (TPSA) is 145 Å². The molecule has 0 aliphatic carbocycles. The number of aliphatic hydroxyl groups excluding tert-OH is 1. The summed E-state index contributed by atoms with van der Waals surface area (Å²) >= 11 is 0.786. The molecule has 16 heteroatoms. The fourth-order valence-electron chi connectivity index (χ4n) is 5.37. The van der Waals surface area contributed by atoms with Crippen molar-refractivity contribution in [1.82, 2.24) is 35.0 Å². The van der Waals surface area contributed by atoms with Crippen LogP contribution in [0.2, 0.25) is 0 Å². The number of benzene rings is 1. The lowest BCUT2D eigenvalue weighted by molar-refractivity contribution is -0.140. The van der Waals surface area contributed by atoms with Crippen LogP contribution in [0.4, 0.5) is 23.8 Å². The van der Waals surface area contributed by atoms with Crippen LogP contribution < -0.4 is 21.4 Å². The van der Waals surface area contributed by atoms with Crippen LogP contribution in [0.3, 0.4) is 0 Å². The van der Waals surface area contributed by atoms with Crippen LogP contribution in [-0.2, 0) is 12.7 Å². The van der Waals surface area contributed by atoms with Crippen molar-refractivity contribution in [2.75, 3.05) is 58.2 Å². The van der Waals surface area contributed by atoms with Gasteiger partial charge in [-0.15, -0.1) is 11.3 Å². The van der Waals surface area contributed by atoms with Gasteiger partial charge in [0.15, 0.2) is 5.69 Å². The standard InChI is InChI=1S/C32H37F3N8O4S/c1-19(2)38-31(47)40-27-15-21(30-39-26(18-48-30)32(33,34)35)23(16-37-27)20-4-5-25-22(14-20)28(45)24(29(46)36-6-13-44)17-43(25)12-11-42-9-7-41(3)8-10-42/h4-5,14-19,44H,6-13H2,1-3H3,(H,36,46)(H2,37,38,40,47). The number of nitrogens with zero attached hydrogens (tertiary/aromatic N) is 5. The highest BCUT2D eigenvalue weighted by molar-refractivity contribution is 7.13. The third-order valence-electron chi connectivity index (χ3n) is 7.88. The van der Waals surface area contributed by atoms with Crippen molar-refractivity contribution in [3.63, 3.8) is 0 Å². The van der Waals surface area contributed by atoms with Gasteiger partial charge < -0.3 is 25.2 Å². The largest absolute Gasteiger partial charge is 0.434 e. The molecule has 4 aromatic rings. The maximum atomic E-state index is 13.8. The Balaban J connectivity index is 1.60. The van der Waals surface area contributed by atoms with Crippen molar-refractivity contribution in [3.8, 4) is 21.7 Å². The number of hydrogen-bond acceptors (Lipinski definition) is 9. The van der Waals surface area contributed by atoms with E-state index in [-0.39, 0.29) is 46.5 Å². The van der Waals surface area contributed by atoms with E-state index in [2.05, 4.69) is 42.8 Å². The van der Waals surface area contributed by atoms with Crippen LogP contribution in [-0.4, -0.2) is 100 Å². The van der Waals surface area contributed by atoms with Crippen LogP contribution in [0.1, 0.15) is 29.9 Å². The minimum absolute atomic E-state index is 0.0318. The molecular weight excluding hydrogens is 649 g/mol. The molecule has 0 atom stereocenters. The van der Waals surface area contributed by atoms with E-state index in [1.54, 1.807) is 32.0 Å². The molecule has 0 radical (unpaired) electrons. The molecule has 0 unspecified atom stereocenters. The summed E-state index contributed by atoms with van der Waals surface area (Å²) in [4.78, 5) is 51.9. The Hall–Kier alpha value is -4.38. The second kappa shape index (κ2) is 14.8. The summed E-state index contributed by atoms with van der Waals surface area (Å²) in [5.74, 6) is -0.542. The number of amides is 3. The highest BCUT2D eigenvalue weighted by atomic mass is 32.1. The number of hydrogen-bond donors (Lipinski definition) is 4. The van der Waals surface area contributed by atoms with Gasteiger partial charge >= 0.3 is 12.2 Å². The molecule has 3 amide bonds. The molecule has 4 heterocycles. The summed E-state index contributed by atoms with van der Waals surface area (Å²) in [6.07, 6.45) is -1.73. The second-order valence-electron chi connectivity index (χ2n) is 11.8. The van der Waals surface area contributed by atoms with E-state index < -0.39 is 29.2 Å². The first kappa shape index (κ1) is 34.9. The maximum Gasteiger partial charge on any atom is 0.434 e. The zero-order valence-electron chi connectivity index (χ0n) is 26.7. The van der Waals surface area contributed by atoms with E-state index in [1.165, 1.54) is 18.5 Å². The molecule has 1 saturated heterocycles. The fourth-order valence-corrected chi connectivity index (χ4v) is 6.23. The number of pyridine rings is 2. The molecule has 0 bridgehead atoms. The Morgan fingerprint density at radius 1 is 1.08 bits per heavy atom. The van der Waals surface area contributed by atoms with Crippen molar-refractivity contribution in [2.24, 2.45) is 0 Å². The highest BCUT2D eigenvalue weighted by Gasteiger charge is 2.34. The summed E-state index contributed by atoms with van der Waals surface area (Å²) in [6.45, 7) is 8.03. The number of halogens is 3. The molecule has 5 rings (SSSR count). The lowest BCUT2D eigenvalue weighted by Gasteiger charge is -2.32.